The molecule has 1 fully saturated rings. The van der Waals surface area contributed by atoms with E-state index in [1.807, 2.05) is 31.2 Å². The molecule has 0 bridgehead atoms. The second-order valence-electron chi connectivity index (χ2n) is 6.51. The van der Waals surface area contributed by atoms with E-state index in [-0.39, 0.29) is 18.3 Å². The van der Waals surface area contributed by atoms with Gasteiger partial charge in [0.1, 0.15) is 5.75 Å². The minimum Gasteiger partial charge on any atom is -0.493 e. The molecular formula is C18H29ClN2O3. The Morgan fingerprint density at radius 3 is 2.54 bits per heavy atom. The maximum Gasteiger partial charge on any atom is 0.244 e. The van der Waals surface area contributed by atoms with Crippen molar-refractivity contribution in [3.8, 4) is 5.75 Å². The molecule has 1 aromatic carbocycles. The molecule has 2 rings (SSSR count). The van der Waals surface area contributed by atoms with Crippen molar-refractivity contribution in [2.24, 2.45) is 11.7 Å². The van der Waals surface area contributed by atoms with Crippen LogP contribution in [0.3, 0.4) is 0 Å². The van der Waals surface area contributed by atoms with Crippen LogP contribution in [0.25, 0.3) is 0 Å². The number of hydrogen-bond acceptors (Lipinski definition) is 4. The molecule has 3 N–H and O–H groups in total. The van der Waals surface area contributed by atoms with Crippen molar-refractivity contribution < 1.29 is 14.3 Å². The quantitative estimate of drug-likeness (QED) is 0.785. The lowest BCUT2D eigenvalue weighted by Crippen LogP contribution is -2.48. The first-order valence-electron chi connectivity index (χ1n) is 8.42. The summed E-state index contributed by atoms with van der Waals surface area (Å²) in [6.45, 7) is 6.15. The maximum absolute atomic E-state index is 12.2. The molecule has 1 aliphatic heterocycles. The van der Waals surface area contributed by atoms with Crippen molar-refractivity contribution >= 4 is 24.0 Å². The summed E-state index contributed by atoms with van der Waals surface area (Å²) in [7, 11) is 0. The number of rotatable bonds is 7. The van der Waals surface area contributed by atoms with Crippen LogP contribution in [0.1, 0.15) is 39.5 Å². The molecule has 136 valence electrons. The minimum absolute atomic E-state index is 0. The highest BCUT2D eigenvalue weighted by Crippen LogP contribution is 2.20. The summed E-state index contributed by atoms with van der Waals surface area (Å²) in [5, 5.41) is 2.86. The van der Waals surface area contributed by atoms with Gasteiger partial charge in [0, 0.05) is 18.9 Å². The smallest absolute Gasteiger partial charge is 0.244 e. The van der Waals surface area contributed by atoms with Crippen LogP contribution in [-0.4, -0.2) is 31.3 Å². The predicted molar refractivity (Wildman–Crippen MR) is 98.9 cm³/mol. The van der Waals surface area contributed by atoms with Gasteiger partial charge in [-0.2, -0.15) is 0 Å². The third kappa shape index (κ3) is 6.30. The molecule has 0 aliphatic carbocycles. The Morgan fingerprint density at radius 1 is 1.33 bits per heavy atom. The van der Waals surface area contributed by atoms with Gasteiger partial charge in [0.15, 0.2) is 0 Å². The topological polar surface area (TPSA) is 73.6 Å². The number of nitrogens with two attached hydrogens (primary N) is 1. The fourth-order valence-corrected chi connectivity index (χ4v) is 2.67. The van der Waals surface area contributed by atoms with Gasteiger partial charge in [-0.15, -0.1) is 12.4 Å². The summed E-state index contributed by atoms with van der Waals surface area (Å²) in [5.74, 6) is 1.23. The number of nitrogens with one attached hydrogen (secondary N) is 1. The van der Waals surface area contributed by atoms with Crippen LogP contribution in [0.5, 0.6) is 5.75 Å². The third-order valence-electron chi connectivity index (χ3n) is 4.23. The van der Waals surface area contributed by atoms with Gasteiger partial charge in [0.2, 0.25) is 5.91 Å². The van der Waals surface area contributed by atoms with Crippen molar-refractivity contribution in [2.45, 2.75) is 45.1 Å². The Balaban J connectivity index is 0.00000288. The second kappa shape index (κ2) is 9.87. The van der Waals surface area contributed by atoms with Crippen LogP contribution in [0, 0.1) is 5.92 Å². The van der Waals surface area contributed by atoms with Gasteiger partial charge >= 0.3 is 0 Å². The van der Waals surface area contributed by atoms with Crippen molar-refractivity contribution in [1.82, 2.24) is 0 Å². The van der Waals surface area contributed by atoms with Gasteiger partial charge in [-0.1, -0.05) is 13.3 Å². The monoisotopic (exact) mass is 356 g/mol. The SMILES string of the molecule is CCCC(C)(N)C(=O)Nc1ccc(OCC2CCOCC2)cc1.Cl. The van der Waals surface area contributed by atoms with E-state index in [1.165, 1.54) is 0 Å². The van der Waals surface area contributed by atoms with E-state index in [4.69, 9.17) is 15.2 Å². The number of carbonyl (C=O) groups is 1. The number of benzene rings is 1. The lowest BCUT2D eigenvalue weighted by molar-refractivity contribution is -0.120. The van der Waals surface area contributed by atoms with Gasteiger partial charge in [0.25, 0.3) is 0 Å². The molecule has 5 nitrogen and oxygen atoms in total. The van der Waals surface area contributed by atoms with E-state index >= 15 is 0 Å². The van der Waals surface area contributed by atoms with Crippen molar-refractivity contribution in [1.29, 1.82) is 0 Å². The molecule has 1 aliphatic rings. The molecule has 1 saturated heterocycles. The van der Waals surface area contributed by atoms with E-state index in [9.17, 15) is 4.79 Å². The molecule has 0 aromatic heterocycles. The third-order valence-corrected chi connectivity index (χ3v) is 4.23. The fraction of sp³-hybridized carbons (Fsp3) is 0.611. The van der Waals surface area contributed by atoms with Crippen LogP contribution in [-0.2, 0) is 9.53 Å². The first-order chi connectivity index (χ1) is 11.0. The van der Waals surface area contributed by atoms with Crippen molar-refractivity contribution in [3.63, 3.8) is 0 Å². The molecule has 0 radical (unpaired) electrons. The number of amides is 1. The highest BCUT2D eigenvalue weighted by molar-refractivity contribution is 5.97. The summed E-state index contributed by atoms with van der Waals surface area (Å²) >= 11 is 0. The molecule has 1 aromatic rings. The first-order valence-corrected chi connectivity index (χ1v) is 8.42. The Morgan fingerprint density at radius 2 is 1.96 bits per heavy atom. The van der Waals surface area contributed by atoms with Crippen LogP contribution in [0.2, 0.25) is 0 Å². The molecule has 1 amide bonds. The summed E-state index contributed by atoms with van der Waals surface area (Å²) in [6, 6.07) is 7.45. The second-order valence-corrected chi connectivity index (χ2v) is 6.51. The Hall–Kier alpha value is -1.30. The van der Waals surface area contributed by atoms with E-state index < -0.39 is 5.54 Å². The van der Waals surface area contributed by atoms with E-state index in [1.54, 1.807) is 6.92 Å². The highest BCUT2D eigenvalue weighted by Gasteiger charge is 2.27. The summed E-state index contributed by atoms with van der Waals surface area (Å²) in [6.07, 6.45) is 3.64. The van der Waals surface area contributed by atoms with E-state index in [0.29, 0.717) is 18.9 Å². The van der Waals surface area contributed by atoms with E-state index in [0.717, 1.165) is 43.9 Å². The van der Waals surface area contributed by atoms with Gasteiger partial charge < -0.3 is 20.5 Å². The first kappa shape index (κ1) is 20.7. The summed E-state index contributed by atoms with van der Waals surface area (Å²) in [5.41, 5.74) is 5.93. The molecule has 1 heterocycles. The predicted octanol–water partition coefficient (Wildman–Crippen LogP) is 3.37. The average molecular weight is 357 g/mol. The van der Waals surface area contributed by atoms with Crippen LogP contribution < -0.4 is 15.8 Å². The molecule has 0 spiro atoms. The Labute approximate surface area is 150 Å². The highest BCUT2D eigenvalue weighted by atomic mass is 35.5. The lowest BCUT2D eigenvalue weighted by atomic mass is 9.96. The van der Waals surface area contributed by atoms with Gasteiger partial charge in [-0.3, -0.25) is 4.79 Å². The molecule has 24 heavy (non-hydrogen) atoms. The minimum atomic E-state index is -0.840. The zero-order chi connectivity index (χ0) is 16.7. The molecule has 1 atom stereocenters. The standard InChI is InChI=1S/C18H28N2O3.ClH/c1-3-10-18(2,19)17(21)20-15-4-6-16(7-5-15)23-13-14-8-11-22-12-9-14;/h4-7,14H,3,8-13,19H2,1-2H3,(H,20,21);1H. The molecule has 0 saturated carbocycles. The average Bonchev–Trinajstić information content (AvgIpc) is 2.55. The van der Waals surface area contributed by atoms with Gasteiger partial charge in [0.05, 0.1) is 12.1 Å². The van der Waals surface area contributed by atoms with E-state index in [2.05, 4.69) is 5.32 Å². The van der Waals surface area contributed by atoms with Crippen LogP contribution in [0.15, 0.2) is 24.3 Å². The number of carbonyl (C=O) groups excluding carboxylic acids is 1. The number of anilines is 1. The number of ether oxygens (including phenoxy) is 2. The zero-order valence-corrected chi connectivity index (χ0v) is 15.4. The number of hydrogen-bond donors (Lipinski definition) is 2. The van der Waals surface area contributed by atoms with Crippen molar-refractivity contribution in [3.05, 3.63) is 24.3 Å². The largest absolute Gasteiger partial charge is 0.493 e. The maximum atomic E-state index is 12.2. The normalized spacial score (nSPS) is 17.5. The lowest BCUT2D eigenvalue weighted by Gasteiger charge is -2.23. The summed E-state index contributed by atoms with van der Waals surface area (Å²) in [4.78, 5) is 12.2. The molecule has 6 heteroatoms. The summed E-state index contributed by atoms with van der Waals surface area (Å²) < 4.78 is 11.2. The van der Waals surface area contributed by atoms with Crippen LogP contribution >= 0.6 is 12.4 Å². The molecule has 1 unspecified atom stereocenters. The zero-order valence-electron chi connectivity index (χ0n) is 14.5. The number of halogens is 1. The van der Waals surface area contributed by atoms with Crippen molar-refractivity contribution in [2.75, 3.05) is 25.1 Å². The Bertz CT molecular complexity index is 499. The fourth-order valence-electron chi connectivity index (χ4n) is 2.67. The van der Waals surface area contributed by atoms with Gasteiger partial charge in [-0.25, -0.2) is 0 Å². The molecular weight excluding hydrogens is 328 g/mol. The Kier molecular flexibility index (Phi) is 8.53. The van der Waals surface area contributed by atoms with Crippen LogP contribution in [0.4, 0.5) is 5.69 Å². The van der Waals surface area contributed by atoms with Gasteiger partial charge in [-0.05, 0) is 56.4 Å².